The standard InChI is InChI=1S/C31H47N5O7/c1-19(2)24-12-7-20(3)14-27(38)34-25(15-21-8-10-23(37)11-9-21)30(41)32-13-5-6-29(40)36-17-22(33-28(39)18-43-4)16-26(36)31(42)35-24/h8-11,19-20,22,24-26,37H,5-7,12-18H2,1-4H3,(H,32,41)(H,33,39)(H,34,38)(H,35,42)/t20-,22-,24+,25+,26+/m1/s1. The van der Waals surface area contributed by atoms with Gasteiger partial charge in [0.15, 0.2) is 0 Å². The van der Waals surface area contributed by atoms with E-state index in [1.54, 1.807) is 12.1 Å². The molecule has 2 aliphatic heterocycles. The van der Waals surface area contributed by atoms with Crippen LogP contribution in [0.25, 0.3) is 0 Å². The molecule has 2 saturated heterocycles. The average Bonchev–Trinajstić information content (AvgIpc) is 3.37. The monoisotopic (exact) mass is 601 g/mol. The van der Waals surface area contributed by atoms with Gasteiger partial charge in [0.05, 0.1) is 0 Å². The maximum absolute atomic E-state index is 13.5. The van der Waals surface area contributed by atoms with Gasteiger partial charge in [0.2, 0.25) is 29.5 Å². The Labute approximate surface area is 253 Å². The average molecular weight is 602 g/mol. The summed E-state index contributed by atoms with van der Waals surface area (Å²) in [6.45, 7) is 6.31. The van der Waals surface area contributed by atoms with Gasteiger partial charge in [-0.25, -0.2) is 0 Å². The van der Waals surface area contributed by atoms with Crippen molar-refractivity contribution in [2.45, 2.75) is 89.9 Å². The highest BCUT2D eigenvalue weighted by Crippen LogP contribution is 2.22. The number of carbonyl (C=O) groups is 5. The number of ether oxygens (including phenoxy) is 1. The van der Waals surface area contributed by atoms with Gasteiger partial charge in [0, 0.05) is 51.5 Å². The Hall–Kier alpha value is -3.67. The van der Waals surface area contributed by atoms with Crippen LogP contribution in [0.4, 0.5) is 0 Å². The highest BCUT2D eigenvalue weighted by molar-refractivity contribution is 5.89. The zero-order valence-electron chi connectivity index (χ0n) is 25.7. The molecule has 3 rings (SSSR count). The van der Waals surface area contributed by atoms with E-state index in [9.17, 15) is 29.1 Å². The zero-order chi connectivity index (χ0) is 31.5. The summed E-state index contributed by atoms with van der Waals surface area (Å²) in [4.78, 5) is 66.7. The number of rotatable bonds is 6. The van der Waals surface area contributed by atoms with Gasteiger partial charge in [-0.2, -0.15) is 0 Å². The number of nitrogens with zero attached hydrogens (tertiary/aromatic N) is 1. The molecule has 5 amide bonds. The first kappa shape index (κ1) is 33.8. The lowest BCUT2D eigenvalue weighted by atomic mass is 9.92. The van der Waals surface area contributed by atoms with Crippen molar-refractivity contribution in [1.82, 2.24) is 26.2 Å². The van der Waals surface area contributed by atoms with E-state index in [-0.39, 0.29) is 98.2 Å². The molecule has 0 bridgehead atoms. The van der Waals surface area contributed by atoms with E-state index < -0.39 is 12.1 Å². The summed E-state index contributed by atoms with van der Waals surface area (Å²) in [6.07, 6.45) is 2.52. The van der Waals surface area contributed by atoms with Crippen molar-refractivity contribution in [2.75, 3.05) is 26.8 Å². The number of phenols is 1. The molecule has 0 unspecified atom stereocenters. The van der Waals surface area contributed by atoms with Gasteiger partial charge in [0.25, 0.3) is 0 Å². The molecule has 2 heterocycles. The summed E-state index contributed by atoms with van der Waals surface area (Å²) in [5.41, 5.74) is 0.784. The number of nitrogens with one attached hydrogen (secondary N) is 4. The number of hydrogen-bond acceptors (Lipinski definition) is 7. The van der Waals surface area contributed by atoms with Gasteiger partial charge in [0.1, 0.15) is 24.4 Å². The molecule has 0 radical (unpaired) electrons. The Morgan fingerprint density at radius 2 is 1.81 bits per heavy atom. The van der Waals surface area contributed by atoms with Crippen LogP contribution < -0.4 is 21.3 Å². The SMILES string of the molecule is COCC(=O)N[C@@H]1C[C@H]2C(=O)N[C@H](C(C)C)CC[C@@H](C)CC(=O)N[C@@H](Cc3ccc(O)cc3)C(=O)NCCCC(=O)N2C1. The Bertz CT molecular complexity index is 1130. The van der Waals surface area contributed by atoms with Crippen LogP contribution in [-0.4, -0.2) is 90.5 Å². The smallest absolute Gasteiger partial charge is 0.246 e. The van der Waals surface area contributed by atoms with E-state index in [1.165, 1.54) is 24.1 Å². The minimum absolute atomic E-state index is 0.000599. The highest BCUT2D eigenvalue weighted by Gasteiger charge is 2.40. The summed E-state index contributed by atoms with van der Waals surface area (Å²) in [7, 11) is 1.43. The van der Waals surface area contributed by atoms with Gasteiger partial charge in [-0.1, -0.05) is 32.9 Å². The molecular weight excluding hydrogens is 554 g/mol. The lowest BCUT2D eigenvalue weighted by Crippen LogP contribution is -2.50. The van der Waals surface area contributed by atoms with Crippen LogP contribution in [0.1, 0.15) is 64.9 Å². The number of hydrogen-bond donors (Lipinski definition) is 5. The molecule has 0 aliphatic carbocycles. The molecule has 2 aliphatic rings. The van der Waals surface area contributed by atoms with Crippen LogP contribution in [0.2, 0.25) is 0 Å². The van der Waals surface area contributed by atoms with E-state index in [0.717, 1.165) is 5.56 Å². The second-order valence-electron chi connectivity index (χ2n) is 12.1. The van der Waals surface area contributed by atoms with Crippen LogP contribution in [0.15, 0.2) is 24.3 Å². The molecule has 0 spiro atoms. The lowest BCUT2D eigenvalue weighted by molar-refractivity contribution is -0.139. The molecule has 0 aromatic heterocycles. The largest absolute Gasteiger partial charge is 0.508 e. The first-order valence-corrected chi connectivity index (χ1v) is 15.2. The fourth-order valence-corrected chi connectivity index (χ4v) is 5.65. The van der Waals surface area contributed by atoms with E-state index >= 15 is 0 Å². The van der Waals surface area contributed by atoms with Gasteiger partial charge < -0.3 is 36.0 Å². The van der Waals surface area contributed by atoms with Crippen LogP contribution in [-0.2, 0) is 35.1 Å². The van der Waals surface area contributed by atoms with Gasteiger partial charge >= 0.3 is 0 Å². The molecule has 1 aromatic carbocycles. The third-order valence-electron chi connectivity index (χ3n) is 8.10. The van der Waals surface area contributed by atoms with Crippen molar-refractivity contribution in [2.24, 2.45) is 11.8 Å². The molecule has 43 heavy (non-hydrogen) atoms. The minimum Gasteiger partial charge on any atom is -0.508 e. The van der Waals surface area contributed by atoms with Crippen molar-refractivity contribution >= 4 is 29.5 Å². The Balaban J connectivity index is 1.78. The second kappa shape index (κ2) is 16.3. The molecule has 1 aromatic rings. The Morgan fingerprint density at radius 1 is 1.09 bits per heavy atom. The summed E-state index contributed by atoms with van der Waals surface area (Å²) < 4.78 is 4.91. The van der Waals surface area contributed by atoms with E-state index in [0.29, 0.717) is 25.7 Å². The topological polar surface area (TPSA) is 166 Å². The fraction of sp³-hybridized carbons (Fsp3) is 0.645. The summed E-state index contributed by atoms with van der Waals surface area (Å²) in [6, 6.07) is 4.39. The van der Waals surface area contributed by atoms with Crippen molar-refractivity contribution < 1.29 is 33.8 Å². The first-order chi connectivity index (χ1) is 20.5. The van der Waals surface area contributed by atoms with Crippen LogP contribution in [0.3, 0.4) is 0 Å². The summed E-state index contributed by atoms with van der Waals surface area (Å²) in [5.74, 6) is -1.17. The van der Waals surface area contributed by atoms with Crippen molar-refractivity contribution in [3.05, 3.63) is 29.8 Å². The number of benzene rings is 1. The van der Waals surface area contributed by atoms with Crippen molar-refractivity contribution in [3.63, 3.8) is 0 Å². The van der Waals surface area contributed by atoms with Crippen LogP contribution >= 0.6 is 0 Å². The van der Waals surface area contributed by atoms with Crippen molar-refractivity contribution in [3.8, 4) is 5.75 Å². The lowest BCUT2D eigenvalue weighted by Gasteiger charge is -2.29. The van der Waals surface area contributed by atoms with E-state index in [4.69, 9.17) is 4.74 Å². The molecular formula is C31H47N5O7. The molecule has 5 atom stereocenters. The van der Waals surface area contributed by atoms with Gasteiger partial charge in [-0.05, 0) is 55.2 Å². The number of fused-ring (bicyclic) bond motifs is 1. The second-order valence-corrected chi connectivity index (χ2v) is 12.1. The quantitative estimate of drug-likeness (QED) is 0.325. The summed E-state index contributed by atoms with van der Waals surface area (Å²) >= 11 is 0. The van der Waals surface area contributed by atoms with E-state index in [2.05, 4.69) is 21.3 Å². The van der Waals surface area contributed by atoms with Crippen LogP contribution in [0, 0.1) is 11.8 Å². The van der Waals surface area contributed by atoms with Crippen molar-refractivity contribution in [1.29, 1.82) is 0 Å². The minimum atomic E-state index is -0.819. The highest BCUT2D eigenvalue weighted by atomic mass is 16.5. The number of phenolic OH excluding ortho intramolecular Hbond substituents is 1. The molecule has 5 N–H and O–H groups in total. The van der Waals surface area contributed by atoms with Gasteiger partial charge in [-0.3, -0.25) is 24.0 Å². The number of aromatic hydroxyl groups is 1. The predicted octanol–water partition coefficient (Wildman–Crippen LogP) is 1.01. The molecule has 12 heteroatoms. The molecule has 0 saturated carbocycles. The first-order valence-electron chi connectivity index (χ1n) is 15.2. The molecule has 2 fully saturated rings. The van der Waals surface area contributed by atoms with Gasteiger partial charge in [-0.15, -0.1) is 0 Å². The maximum Gasteiger partial charge on any atom is 0.246 e. The normalized spacial score (nSPS) is 26.5. The van der Waals surface area contributed by atoms with E-state index in [1.807, 2.05) is 20.8 Å². The predicted molar refractivity (Wildman–Crippen MR) is 160 cm³/mol. The Kier molecular flexibility index (Phi) is 12.8. The molecule has 238 valence electrons. The fourth-order valence-electron chi connectivity index (χ4n) is 5.65. The third kappa shape index (κ3) is 10.5. The zero-order valence-corrected chi connectivity index (χ0v) is 25.7. The number of methoxy groups -OCH3 is 1. The number of carbonyl (C=O) groups excluding carboxylic acids is 5. The van der Waals surface area contributed by atoms with Crippen LogP contribution in [0.5, 0.6) is 5.75 Å². The molecule has 12 nitrogen and oxygen atoms in total. The summed E-state index contributed by atoms with van der Waals surface area (Å²) in [5, 5.41) is 21.3. The third-order valence-corrected chi connectivity index (χ3v) is 8.10. The maximum atomic E-state index is 13.5. The Morgan fingerprint density at radius 3 is 2.49 bits per heavy atom. The number of amides is 5.